The molecule has 4 aromatic rings. The predicted molar refractivity (Wildman–Crippen MR) is 156 cm³/mol. The summed E-state index contributed by atoms with van der Waals surface area (Å²) in [6.45, 7) is 3.74. The fourth-order valence-electron chi connectivity index (χ4n) is 7.65. The largest absolute Gasteiger partial charge is 0.325 e. The summed E-state index contributed by atoms with van der Waals surface area (Å²) < 4.78 is 30.1. The number of halogens is 2. The number of benzene rings is 4. The molecule has 2 spiro atoms. The van der Waals surface area contributed by atoms with E-state index in [1.807, 2.05) is 13.8 Å². The lowest BCUT2D eigenvalue weighted by atomic mass is 9.53. The Kier molecular flexibility index (Phi) is 5.79. The van der Waals surface area contributed by atoms with Crippen molar-refractivity contribution in [1.29, 1.82) is 0 Å². The van der Waals surface area contributed by atoms with E-state index in [0.717, 1.165) is 23.3 Å². The zero-order valence-corrected chi connectivity index (χ0v) is 23.3. The standard InChI is InChI=1S/C35H26F2N2O4/c1-18-3-7-20(8-4-18)30(40)26-17-27(31(41)21-9-5-19(2)6-10-21)35(25-16-23(37)12-14-29(25)39-33(35)43)34(26)24-15-22(36)11-13-28(24)38-32(34)42/h3-16,26-27H,17H2,1-2H3,(H,38,42)(H,39,43)/t26-,27-,34-,35+/m1/s1. The lowest BCUT2D eigenvalue weighted by molar-refractivity contribution is -0.132. The highest BCUT2D eigenvalue weighted by molar-refractivity contribution is 6.23. The van der Waals surface area contributed by atoms with Crippen LogP contribution in [0, 0.1) is 37.3 Å². The van der Waals surface area contributed by atoms with E-state index in [-0.39, 0.29) is 40.0 Å². The Labute approximate surface area is 246 Å². The van der Waals surface area contributed by atoms with Crippen LogP contribution in [0.1, 0.15) is 49.4 Å². The molecular weight excluding hydrogens is 550 g/mol. The fraction of sp³-hybridized carbons (Fsp3) is 0.200. The molecule has 2 N–H and O–H groups in total. The van der Waals surface area contributed by atoms with Gasteiger partial charge >= 0.3 is 0 Å². The van der Waals surface area contributed by atoms with Crippen LogP contribution in [0.3, 0.4) is 0 Å². The Balaban J connectivity index is 1.59. The molecular formula is C35H26F2N2O4. The number of fused-ring (bicyclic) bond motifs is 5. The zero-order chi connectivity index (χ0) is 30.3. The van der Waals surface area contributed by atoms with E-state index in [1.165, 1.54) is 24.3 Å². The average molecular weight is 577 g/mol. The maximum absolute atomic E-state index is 15.1. The van der Waals surface area contributed by atoms with Crippen molar-refractivity contribution in [3.63, 3.8) is 0 Å². The summed E-state index contributed by atoms with van der Waals surface area (Å²) in [6, 6.07) is 21.0. The summed E-state index contributed by atoms with van der Waals surface area (Å²) >= 11 is 0. The van der Waals surface area contributed by atoms with E-state index in [2.05, 4.69) is 10.6 Å². The van der Waals surface area contributed by atoms with Gasteiger partial charge in [0.25, 0.3) is 0 Å². The SMILES string of the molecule is Cc1ccc(C(=O)[C@H]2C[C@H](C(=O)c3ccc(C)cc3)[C@]3(C(=O)Nc4ccc(F)cc43)[C@]23C(=O)Nc2ccc(F)cc23)cc1. The number of hydrogen-bond donors (Lipinski definition) is 2. The molecule has 2 amide bonds. The van der Waals surface area contributed by atoms with Crippen molar-refractivity contribution < 1.29 is 28.0 Å². The Hall–Kier alpha value is -4.98. The average Bonchev–Trinajstić information content (AvgIpc) is 3.58. The number of carbonyl (C=O) groups is 4. The first-order valence-corrected chi connectivity index (χ1v) is 14.0. The molecule has 0 unspecified atom stereocenters. The van der Waals surface area contributed by atoms with Crippen LogP contribution in [0.25, 0.3) is 0 Å². The van der Waals surface area contributed by atoms with Crippen LogP contribution >= 0.6 is 0 Å². The molecule has 4 atom stereocenters. The first-order chi connectivity index (χ1) is 20.6. The van der Waals surface area contributed by atoms with Crippen molar-refractivity contribution in [3.05, 3.63) is 130 Å². The molecule has 0 radical (unpaired) electrons. The number of hydrogen-bond acceptors (Lipinski definition) is 4. The van der Waals surface area contributed by atoms with E-state index in [0.29, 0.717) is 0 Å². The molecule has 2 aliphatic heterocycles. The lowest BCUT2D eigenvalue weighted by Crippen LogP contribution is -2.61. The van der Waals surface area contributed by atoms with Gasteiger partial charge in [-0.05, 0) is 67.8 Å². The van der Waals surface area contributed by atoms with E-state index in [1.54, 1.807) is 48.5 Å². The van der Waals surface area contributed by atoms with E-state index < -0.39 is 57.7 Å². The zero-order valence-electron chi connectivity index (χ0n) is 23.3. The van der Waals surface area contributed by atoms with Crippen molar-refractivity contribution in [2.45, 2.75) is 31.1 Å². The smallest absolute Gasteiger partial charge is 0.237 e. The minimum absolute atomic E-state index is 0.0921. The third-order valence-electron chi connectivity index (χ3n) is 9.47. The third kappa shape index (κ3) is 3.49. The van der Waals surface area contributed by atoms with Crippen LogP contribution in [0.2, 0.25) is 0 Å². The molecule has 6 nitrogen and oxygen atoms in total. The Morgan fingerprint density at radius 2 is 1.00 bits per heavy atom. The van der Waals surface area contributed by atoms with Crippen molar-refractivity contribution in [2.24, 2.45) is 11.8 Å². The van der Waals surface area contributed by atoms with Gasteiger partial charge in [0.05, 0.1) is 0 Å². The monoisotopic (exact) mass is 576 g/mol. The van der Waals surface area contributed by atoms with Gasteiger partial charge in [0.1, 0.15) is 22.5 Å². The molecule has 7 rings (SSSR count). The molecule has 8 heteroatoms. The van der Waals surface area contributed by atoms with Gasteiger partial charge in [-0.15, -0.1) is 0 Å². The number of Topliss-reactive ketones (excluding diaryl/α,β-unsaturated/α-hetero) is 2. The van der Waals surface area contributed by atoms with Crippen molar-refractivity contribution >= 4 is 34.8 Å². The maximum Gasteiger partial charge on any atom is 0.237 e. The second kappa shape index (κ2) is 9.26. The Morgan fingerprint density at radius 3 is 1.37 bits per heavy atom. The van der Waals surface area contributed by atoms with Crippen molar-refractivity contribution in [2.75, 3.05) is 10.6 Å². The molecule has 1 aliphatic carbocycles. The number of ketones is 2. The number of rotatable bonds is 4. The van der Waals surface area contributed by atoms with Crippen molar-refractivity contribution in [1.82, 2.24) is 0 Å². The Bertz CT molecular complexity index is 1750. The van der Waals surface area contributed by atoms with Gasteiger partial charge in [0, 0.05) is 34.3 Å². The molecule has 2 heterocycles. The molecule has 43 heavy (non-hydrogen) atoms. The van der Waals surface area contributed by atoms with Crippen LogP contribution < -0.4 is 10.6 Å². The molecule has 1 fully saturated rings. The summed E-state index contributed by atoms with van der Waals surface area (Å²) in [5.74, 6) is -6.27. The van der Waals surface area contributed by atoms with Gasteiger partial charge in [0.2, 0.25) is 11.8 Å². The highest BCUT2D eigenvalue weighted by atomic mass is 19.1. The van der Waals surface area contributed by atoms with Crippen LogP contribution in [0.5, 0.6) is 0 Å². The minimum atomic E-state index is -2.07. The summed E-state index contributed by atoms with van der Waals surface area (Å²) in [5, 5.41) is 5.57. The molecule has 0 aromatic heterocycles. The second-order valence-electron chi connectivity index (χ2n) is 11.7. The number of anilines is 2. The fourth-order valence-corrected chi connectivity index (χ4v) is 7.65. The van der Waals surface area contributed by atoms with Gasteiger partial charge in [-0.3, -0.25) is 19.2 Å². The molecule has 0 bridgehead atoms. The lowest BCUT2D eigenvalue weighted by Gasteiger charge is -2.42. The van der Waals surface area contributed by atoms with E-state index in [9.17, 15) is 19.2 Å². The van der Waals surface area contributed by atoms with Gasteiger partial charge in [-0.1, -0.05) is 59.7 Å². The van der Waals surface area contributed by atoms with Gasteiger partial charge < -0.3 is 10.6 Å². The third-order valence-corrected chi connectivity index (χ3v) is 9.47. The predicted octanol–water partition coefficient (Wildman–Crippen LogP) is 6.06. The quantitative estimate of drug-likeness (QED) is 0.289. The summed E-state index contributed by atoms with van der Waals surface area (Å²) in [7, 11) is 0. The number of carbonyl (C=O) groups excluding carboxylic acids is 4. The summed E-state index contributed by atoms with van der Waals surface area (Å²) in [4.78, 5) is 58.2. The van der Waals surface area contributed by atoms with E-state index >= 15 is 8.78 Å². The minimum Gasteiger partial charge on any atom is -0.325 e. The summed E-state index contributed by atoms with van der Waals surface area (Å²) in [5.41, 5.74) is -1.11. The first-order valence-electron chi connectivity index (χ1n) is 14.0. The van der Waals surface area contributed by atoms with Crippen LogP contribution in [-0.2, 0) is 20.4 Å². The first kappa shape index (κ1) is 26.9. The summed E-state index contributed by atoms with van der Waals surface area (Å²) in [6.07, 6.45) is -0.202. The Morgan fingerprint density at radius 1 is 0.628 bits per heavy atom. The second-order valence-corrected chi connectivity index (χ2v) is 11.7. The van der Waals surface area contributed by atoms with Gasteiger partial charge in [-0.2, -0.15) is 0 Å². The highest BCUT2D eigenvalue weighted by Crippen LogP contribution is 2.68. The van der Waals surface area contributed by atoms with Gasteiger partial charge in [0.15, 0.2) is 11.6 Å². The molecule has 3 aliphatic rings. The van der Waals surface area contributed by atoms with Gasteiger partial charge in [-0.25, -0.2) is 8.78 Å². The molecule has 214 valence electrons. The van der Waals surface area contributed by atoms with E-state index in [4.69, 9.17) is 0 Å². The normalized spacial score (nSPS) is 25.0. The molecule has 4 aromatic carbocycles. The number of nitrogens with one attached hydrogen (secondary N) is 2. The number of amides is 2. The van der Waals surface area contributed by atoms with Crippen LogP contribution in [-0.4, -0.2) is 23.4 Å². The van der Waals surface area contributed by atoms with Crippen LogP contribution in [0.4, 0.5) is 20.2 Å². The number of aryl methyl sites for hydroxylation is 2. The molecule has 0 saturated heterocycles. The topological polar surface area (TPSA) is 92.3 Å². The highest BCUT2D eigenvalue weighted by Gasteiger charge is 2.79. The van der Waals surface area contributed by atoms with Crippen LogP contribution in [0.15, 0.2) is 84.9 Å². The molecule has 1 saturated carbocycles. The van der Waals surface area contributed by atoms with Crippen molar-refractivity contribution in [3.8, 4) is 0 Å². The maximum atomic E-state index is 15.1.